The Morgan fingerprint density at radius 2 is 1.05 bits per heavy atom. The summed E-state index contributed by atoms with van der Waals surface area (Å²) >= 11 is 0. The Morgan fingerprint density at radius 1 is 0.632 bits per heavy atom. The van der Waals surface area contributed by atoms with Gasteiger partial charge in [0, 0.05) is 0 Å². The van der Waals surface area contributed by atoms with Gasteiger partial charge < -0.3 is 0 Å². The van der Waals surface area contributed by atoms with Gasteiger partial charge in [-0.25, -0.2) is 0 Å². The van der Waals surface area contributed by atoms with Gasteiger partial charge in [-0.3, -0.25) is 0 Å². The van der Waals surface area contributed by atoms with Crippen LogP contribution in [-0.4, -0.2) is 6.71 Å². The fourth-order valence-corrected chi connectivity index (χ4v) is 3.15. The normalized spacial score (nSPS) is 15.0. The smallest absolute Gasteiger partial charge is 0.0737 e. The Balaban J connectivity index is 4.13. The van der Waals surface area contributed by atoms with E-state index in [9.17, 15) is 0 Å². The van der Waals surface area contributed by atoms with Gasteiger partial charge in [0.25, 0.3) is 0 Å². The van der Waals surface area contributed by atoms with Gasteiger partial charge in [0.1, 0.15) is 6.71 Å². The van der Waals surface area contributed by atoms with Crippen LogP contribution in [0.1, 0.15) is 87.0 Å². The van der Waals surface area contributed by atoms with E-state index >= 15 is 0 Å². The summed E-state index contributed by atoms with van der Waals surface area (Å²) in [5, 5.41) is 0. The maximum atomic E-state index is 2.48. The van der Waals surface area contributed by atoms with Crippen molar-refractivity contribution < 1.29 is 0 Å². The van der Waals surface area contributed by atoms with E-state index in [0.717, 1.165) is 30.2 Å². The van der Waals surface area contributed by atoms with Crippen molar-refractivity contribution in [2.75, 3.05) is 0 Å². The average molecular weight is 266 g/mol. The molecule has 0 aromatic carbocycles. The fourth-order valence-electron chi connectivity index (χ4n) is 3.15. The molecule has 0 aromatic heterocycles. The third kappa shape index (κ3) is 8.05. The van der Waals surface area contributed by atoms with E-state index in [0.29, 0.717) is 0 Å². The summed E-state index contributed by atoms with van der Waals surface area (Å²) in [6.45, 7) is 17.8. The lowest BCUT2D eigenvalue weighted by Gasteiger charge is -2.31. The lowest BCUT2D eigenvalue weighted by atomic mass is 9.29. The van der Waals surface area contributed by atoms with E-state index in [4.69, 9.17) is 0 Å². The number of rotatable bonds is 11. The zero-order chi connectivity index (χ0) is 14.8. The van der Waals surface area contributed by atoms with Gasteiger partial charge in [-0.15, -0.1) is 0 Å². The summed E-state index contributed by atoms with van der Waals surface area (Å²) in [4.78, 5) is 0. The average Bonchev–Trinajstić information content (AvgIpc) is 2.36. The molecule has 2 unspecified atom stereocenters. The van der Waals surface area contributed by atoms with Gasteiger partial charge >= 0.3 is 0 Å². The molecule has 19 heavy (non-hydrogen) atoms. The van der Waals surface area contributed by atoms with Crippen molar-refractivity contribution in [1.82, 2.24) is 0 Å². The van der Waals surface area contributed by atoms with Gasteiger partial charge in [0.2, 0.25) is 0 Å². The number of hydrogen-bond acceptors (Lipinski definition) is 0. The van der Waals surface area contributed by atoms with Crippen LogP contribution in [-0.2, 0) is 0 Å². The van der Waals surface area contributed by atoms with E-state index in [2.05, 4.69) is 48.5 Å². The largest absolute Gasteiger partial charge is 0.146 e. The quantitative estimate of drug-likeness (QED) is 0.281. The zero-order valence-electron chi connectivity index (χ0n) is 14.8. The van der Waals surface area contributed by atoms with E-state index in [-0.39, 0.29) is 0 Å². The minimum atomic E-state index is 0.825. The molecule has 0 spiro atoms. The molecule has 0 aliphatic heterocycles. The Bertz CT molecular complexity index is 184. The van der Waals surface area contributed by atoms with Crippen LogP contribution < -0.4 is 0 Å². The molecule has 0 nitrogen and oxygen atoms in total. The second kappa shape index (κ2) is 10.8. The second-order valence-corrected chi connectivity index (χ2v) is 7.43. The molecule has 0 radical (unpaired) electrons. The van der Waals surface area contributed by atoms with Crippen LogP contribution in [0, 0.1) is 11.8 Å². The predicted octanol–water partition coefficient (Wildman–Crippen LogP) is 6.93. The zero-order valence-corrected chi connectivity index (χ0v) is 14.8. The first-order valence-corrected chi connectivity index (χ1v) is 8.91. The van der Waals surface area contributed by atoms with Crippen LogP contribution in [0.2, 0.25) is 18.0 Å². The maximum Gasteiger partial charge on any atom is 0.146 e. The Labute approximate surface area is 124 Å². The molecule has 114 valence electrons. The molecule has 0 amide bonds. The van der Waals surface area contributed by atoms with Crippen LogP contribution in [0.15, 0.2) is 0 Å². The molecule has 0 aromatic rings. The molecule has 0 saturated heterocycles. The van der Waals surface area contributed by atoms with Crippen molar-refractivity contribution in [3.63, 3.8) is 0 Å². The molecule has 0 N–H and O–H groups in total. The number of hydrogen-bond donors (Lipinski definition) is 0. The molecule has 0 saturated carbocycles. The monoisotopic (exact) mass is 266 g/mol. The summed E-state index contributed by atoms with van der Waals surface area (Å²) in [6.07, 6.45) is 10.0. The number of unbranched alkanes of at least 4 members (excludes halogenated alkanes) is 5. The minimum Gasteiger partial charge on any atom is -0.0737 e. The van der Waals surface area contributed by atoms with Crippen molar-refractivity contribution in [3.05, 3.63) is 0 Å². The lowest BCUT2D eigenvalue weighted by Crippen LogP contribution is -2.29. The van der Waals surface area contributed by atoms with E-state index in [1.807, 2.05) is 0 Å². The van der Waals surface area contributed by atoms with Crippen molar-refractivity contribution in [2.45, 2.75) is 105 Å². The molecule has 0 rings (SSSR count). The Morgan fingerprint density at radius 3 is 1.47 bits per heavy atom. The molecular weight excluding hydrogens is 227 g/mol. The molecule has 0 aliphatic rings. The van der Waals surface area contributed by atoms with Gasteiger partial charge in [0.15, 0.2) is 0 Å². The first-order chi connectivity index (χ1) is 8.91. The molecule has 2 atom stereocenters. The van der Waals surface area contributed by atoms with Crippen LogP contribution in [0.5, 0.6) is 0 Å². The summed E-state index contributed by atoms with van der Waals surface area (Å²) < 4.78 is 0. The van der Waals surface area contributed by atoms with E-state index in [1.54, 1.807) is 0 Å². The molecule has 0 fully saturated rings. The molecule has 0 aliphatic carbocycles. The third-order valence-electron chi connectivity index (χ3n) is 5.34. The lowest BCUT2D eigenvalue weighted by molar-refractivity contribution is 0.552. The van der Waals surface area contributed by atoms with Crippen LogP contribution >= 0.6 is 0 Å². The third-order valence-corrected chi connectivity index (χ3v) is 5.34. The minimum absolute atomic E-state index is 0.825. The van der Waals surface area contributed by atoms with Gasteiger partial charge in [-0.1, -0.05) is 117 Å². The maximum absolute atomic E-state index is 2.48. The molecule has 1 heteroatoms. The highest BCUT2D eigenvalue weighted by atomic mass is 14.1. The van der Waals surface area contributed by atoms with Crippen molar-refractivity contribution >= 4 is 6.71 Å². The summed E-state index contributed by atoms with van der Waals surface area (Å²) in [5.74, 6) is 3.39. The standard InChI is InChI=1S/C18H39B/c1-8-9-10-11-12-13-14-19(17(6)15(2)3)18(7)16(4)5/h15-18H,8-14H2,1-7H3. The summed E-state index contributed by atoms with van der Waals surface area (Å²) in [5.41, 5.74) is 0. The summed E-state index contributed by atoms with van der Waals surface area (Å²) in [7, 11) is 0. The van der Waals surface area contributed by atoms with Crippen LogP contribution in [0.3, 0.4) is 0 Å². The Kier molecular flexibility index (Phi) is 10.8. The van der Waals surface area contributed by atoms with Crippen molar-refractivity contribution in [3.8, 4) is 0 Å². The highest BCUT2D eigenvalue weighted by Gasteiger charge is 2.30. The second-order valence-electron chi connectivity index (χ2n) is 7.43. The van der Waals surface area contributed by atoms with Gasteiger partial charge in [0.05, 0.1) is 0 Å². The predicted molar refractivity (Wildman–Crippen MR) is 92.5 cm³/mol. The first-order valence-electron chi connectivity index (χ1n) is 8.91. The highest BCUT2D eigenvalue weighted by molar-refractivity contribution is 6.62. The first kappa shape index (κ1) is 19.1. The van der Waals surface area contributed by atoms with Crippen LogP contribution in [0.25, 0.3) is 0 Å². The summed E-state index contributed by atoms with van der Waals surface area (Å²) in [6, 6.07) is 0. The highest BCUT2D eigenvalue weighted by Crippen LogP contribution is 2.35. The van der Waals surface area contributed by atoms with Crippen LogP contribution in [0.4, 0.5) is 0 Å². The van der Waals surface area contributed by atoms with Gasteiger partial charge in [-0.2, -0.15) is 0 Å². The fraction of sp³-hybridized carbons (Fsp3) is 1.00. The molecule has 0 heterocycles. The molecule has 0 bridgehead atoms. The van der Waals surface area contributed by atoms with E-state index < -0.39 is 0 Å². The molecular formula is C18H39B. The van der Waals surface area contributed by atoms with Gasteiger partial charge in [-0.05, 0) is 0 Å². The van der Waals surface area contributed by atoms with Crippen molar-refractivity contribution in [2.24, 2.45) is 11.8 Å². The SMILES string of the molecule is CCCCCCCCB(C(C)C(C)C)C(C)C(C)C. The van der Waals surface area contributed by atoms with E-state index in [1.165, 1.54) is 44.8 Å². The topological polar surface area (TPSA) is 0 Å². The van der Waals surface area contributed by atoms with Crippen molar-refractivity contribution in [1.29, 1.82) is 0 Å². The Hall–Kier alpha value is 0.0649.